The Morgan fingerprint density at radius 3 is 2.73 bits per heavy atom. The third-order valence-electron chi connectivity index (χ3n) is 4.26. The minimum atomic E-state index is -0.307. The van der Waals surface area contributed by atoms with E-state index >= 15 is 0 Å². The molecule has 3 rings (SSSR count). The molecule has 1 amide bonds. The van der Waals surface area contributed by atoms with Gasteiger partial charge in [-0.1, -0.05) is 24.3 Å². The molecule has 1 fully saturated rings. The number of carbonyl (C=O) groups is 2. The first-order valence-corrected chi connectivity index (χ1v) is 8.41. The molecule has 1 saturated heterocycles. The van der Waals surface area contributed by atoms with Crippen molar-refractivity contribution in [3.05, 3.63) is 65.5 Å². The van der Waals surface area contributed by atoms with E-state index < -0.39 is 0 Å². The van der Waals surface area contributed by atoms with Crippen molar-refractivity contribution in [1.29, 1.82) is 0 Å². The van der Waals surface area contributed by atoms with Crippen LogP contribution in [0.3, 0.4) is 0 Å². The topological polar surface area (TPSA) is 55.8 Å². The molecule has 1 unspecified atom stereocenters. The number of Topliss-reactive ketones (excluding diaryl/α,β-unsaturated/α-hetero) is 1. The second-order valence-electron chi connectivity index (χ2n) is 6.12. The number of hydrogen-bond donors (Lipinski definition) is 0. The third-order valence-corrected chi connectivity index (χ3v) is 4.26. The number of nitrogens with zero attached hydrogens (tertiary/aromatic N) is 1. The molecule has 0 bridgehead atoms. The average Bonchev–Trinajstić information content (AvgIpc) is 2.67. The van der Waals surface area contributed by atoms with Gasteiger partial charge in [-0.05, 0) is 36.8 Å². The molecule has 136 valence electrons. The van der Waals surface area contributed by atoms with Crippen LogP contribution in [0.25, 0.3) is 0 Å². The molecule has 0 spiro atoms. The van der Waals surface area contributed by atoms with Crippen molar-refractivity contribution in [3.8, 4) is 5.75 Å². The van der Waals surface area contributed by atoms with Gasteiger partial charge in [0.05, 0.1) is 13.2 Å². The lowest BCUT2D eigenvalue weighted by atomic mass is 10.1. The van der Waals surface area contributed by atoms with Gasteiger partial charge in [-0.2, -0.15) is 0 Å². The van der Waals surface area contributed by atoms with Crippen LogP contribution >= 0.6 is 0 Å². The maximum atomic E-state index is 13.1. The first-order chi connectivity index (χ1) is 12.5. The number of benzene rings is 2. The zero-order valence-corrected chi connectivity index (χ0v) is 14.5. The molecular formula is C20H20FNO4. The van der Waals surface area contributed by atoms with Crippen molar-refractivity contribution in [2.24, 2.45) is 0 Å². The molecule has 1 heterocycles. The van der Waals surface area contributed by atoms with Crippen LogP contribution in [0.5, 0.6) is 5.75 Å². The second kappa shape index (κ2) is 8.10. The van der Waals surface area contributed by atoms with Gasteiger partial charge in [-0.15, -0.1) is 0 Å². The van der Waals surface area contributed by atoms with Gasteiger partial charge in [-0.3, -0.25) is 9.59 Å². The summed E-state index contributed by atoms with van der Waals surface area (Å²) < 4.78 is 24.3. The van der Waals surface area contributed by atoms with Crippen LogP contribution in [0.1, 0.15) is 28.9 Å². The Hall–Kier alpha value is -2.73. The number of morpholine rings is 1. The molecule has 2 aromatic carbocycles. The Morgan fingerprint density at radius 2 is 2.00 bits per heavy atom. The monoisotopic (exact) mass is 357 g/mol. The summed E-state index contributed by atoms with van der Waals surface area (Å²) in [7, 11) is 0. The number of ketones is 1. The molecule has 5 nitrogen and oxygen atoms in total. The van der Waals surface area contributed by atoms with E-state index in [-0.39, 0.29) is 30.2 Å². The lowest BCUT2D eigenvalue weighted by Crippen LogP contribution is -2.44. The van der Waals surface area contributed by atoms with E-state index in [2.05, 4.69) is 0 Å². The first-order valence-electron chi connectivity index (χ1n) is 8.41. The van der Waals surface area contributed by atoms with Crippen LogP contribution < -0.4 is 4.74 Å². The minimum Gasteiger partial charge on any atom is -0.484 e. The molecular weight excluding hydrogens is 337 g/mol. The van der Waals surface area contributed by atoms with Gasteiger partial charge < -0.3 is 14.4 Å². The zero-order valence-electron chi connectivity index (χ0n) is 14.5. The van der Waals surface area contributed by atoms with E-state index in [0.717, 1.165) is 5.56 Å². The molecule has 0 saturated carbocycles. The predicted octanol–water partition coefficient (Wildman–Crippen LogP) is 3.01. The van der Waals surface area contributed by atoms with E-state index in [1.54, 1.807) is 41.3 Å². The molecule has 1 aliphatic rings. The Kier molecular flexibility index (Phi) is 5.63. The van der Waals surface area contributed by atoms with Crippen LogP contribution in [0.2, 0.25) is 0 Å². The van der Waals surface area contributed by atoms with Crippen LogP contribution in [-0.2, 0) is 9.53 Å². The third kappa shape index (κ3) is 4.46. The van der Waals surface area contributed by atoms with Crippen LogP contribution in [-0.4, -0.2) is 42.9 Å². The van der Waals surface area contributed by atoms with Crippen LogP contribution in [0.15, 0.2) is 48.5 Å². The molecule has 6 heteroatoms. The van der Waals surface area contributed by atoms with E-state index in [9.17, 15) is 14.0 Å². The van der Waals surface area contributed by atoms with Crippen molar-refractivity contribution in [1.82, 2.24) is 4.90 Å². The molecule has 1 atom stereocenters. The highest BCUT2D eigenvalue weighted by Crippen LogP contribution is 2.23. The van der Waals surface area contributed by atoms with Gasteiger partial charge >= 0.3 is 0 Å². The fourth-order valence-corrected chi connectivity index (χ4v) is 2.80. The smallest absolute Gasteiger partial charge is 0.260 e. The largest absolute Gasteiger partial charge is 0.484 e. The summed E-state index contributed by atoms with van der Waals surface area (Å²) >= 11 is 0. The van der Waals surface area contributed by atoms with E-state index in [4.69, 9.17) is 9.47 Å². The second-order valence-corrected chi connectivity index (χ2v) is 6.12. The number of rotatable bonds is 5. The normalized spacial score (nSPS) is 17.0. The minimum absolute atomic E-state index is 0.0582. The number of carbonyl (C=O) groups excluding carboxylic acids is 2. The zero-order chi connectivity index (χ0) is 18.5. The summed E-state index contributed by atoms with van der Waals surface area (Å²) in [6, 6.07) is 12.8. The van der Waals surface area contributed by atoms with Crippen molar-refractivity contribution < 1.29 is 23.5 Å². The number of halogens is 1. The highest BCUT2D eigenvalue weighted by Gasteiger charge is 2.25. The predicted molar refractivity (Wildman–Crippen MR) is 93.6 cm³/mol. The molecule has 0 aromatic heterocycles. The van der Waals surface area contributed by atoms with E-state index in [1.807, 2.05) is 0 Å². The van der Waals surface area contributed by atoms with Crippen molar-refractivity contribution in [2.45, 2.75) is 13.0 Å². The molecule has 2 aromatic rings. The number of hydrogen-bond acceptors (Lipinski definition) is 4. The fraction of sp³-hybridized carbons (Fsp3) is 0.300. The SMILES string of the molecule is CC(=O)c1cccc(OCC(=O)N2CCOC(c3ccc(F)cc3)C2)c1. The van der Waals surface area contributed by atoms with Gasteiger partial charge in [0, 0.05) is 12.1 Å². The van der Waals surface area contributed by atoms with Gasteiger partial charge in [0.1, 0.15) is 17.7 Å². The van der Waals surface area contributed by atoms with Gasteiger partial charge in [-0.25, -0.2) is 4.39 Å². The van der Waals surface area contributed by atoms with Gasteiger partial charge in [0.25, 0.3) is 5.91 Å². The number of ether oxygens (including phenoxy) is 2. The van der Waals surface area contributed by atoms with Crippen molar-refractivity contribution in [3.63, 3.8) is 0 Å². The Balaban J connectivity index is 1.58. The van der Waals surface area contributed by atoms with Crippen molar-refractivity contribution >= 4 is 11.7 Å². The standard InChI is InChI=1S/C20H20FNO4/c1-14(23)16-3-2-4-18(11-16)26-13-20(24)22-9-10-25-19(12-22)15-5-7-17(21)8-6-15/h2-8,11,19H,9-10,12-13H2,1H3. The fourth-order valence-electron chi connectivity index (χ4n) is 2.80. The maximum absolute atomic E-state index is 13.1. The summed E-state index contributed by atoms with van der Waals surface area (Å²) in [6.07, 6.45) is -0.283. The highest BCUT2D eigenvalue weighted by atomic mass is 19.1. The molecule has 0 aliphatic carbocycles. The van der Waals surface area contributed by atoms with E-state index in [1.165, 1.54) is 19.1 Å². The number of amides is 1. The van der Waals surface area contributed by atoms with Crippen LogP contribution in [0, 0.1) is 5.82 Å². The molecule has 1 aliphatic heterocycles. The van der Waals surface area contributed by atoms with Crippen LogP contribution in [0.4, 0.5) is 4.39 Å². The summed E-state index contributed by atoms with van der Waals surface area (Å²) in [5.41, 5.74) is 1.37. The summed E-state index contributed by atoms with van der Waals surface area (Å²) in [6.45, 7) is 2.65. The first kappa shape index (κ1) is 18.1. The average molecular weight is 357 g/mol. The van der Waals surface area contributed by atoms with Gasteiger partial charge in [0.2, 0.25) is 0 Å². The van der Waals surface area contributed by atoms with Gasteiger partial charge in [0.15, 0.2) is 12.4 Å². The van der Waals surface area contributed by atoms with E-state index in [0.29, 0.717) is 31.0 Å². The molecule has 26 heavy (non-hydrogen) atoms. The Bertz CT molecular complexity index is 791. The lowest BCUT2D eigenvalue weighted by molar-refractivity contribution is -0.141. The molecule has 0 radical (unpaired) electrons. The Labute approximate surface area is 151 Å². The summed E-state index contributed by atoms with van der Waals surface area (Å²) in [5, 5.41) is 0. The maximum Gasteiger partial charge on any atom is 0.260 e. The molecule has 0 N–H and O–H groups in total. The Morgan fingerprint density at radius 1 is 1.23 bits per heavy atom. The van der Waals surface area contributed by atoms with Crippen molar-refractivity contribution in [2.75, 3.05) is 26.3 Å². The summed E-state index contributed by atoms with van der Waals surface area (Å²) in [4.78, 5) is 25.5. The lowest BCUT2D eigenvalue weighted by Gasteiger charge is -2.33. The summed E-state index contributed by atoms with van der Waals surface area (Å²) in [5.74, 6) is -0.0428. The highest BCUT2D eigenvalue weighted by molar-refractivity contribution is 5.94. The quantitative estimate of drug-likeness (QED) is 0.772.